The van der Waals surface area contributed by atoms with E-state index in [-0.39, 0.29) is 11.8 Å². The number of carbonyl (C=O) groups is 1. The summed E-state index contributed by atoms with van der Waals surface area (Å²) in [4.78, 5) is 16.7. The number of benzene rings is 1. The van der Waals surface area contributed by atoms with Crippen LogP contribution in [-0.2, 0) is 4.79 Å². The van der Waals surface area contributed by atoms with E-state index in [1.165, 1.54) is 0 Å². The standard InChI is InChI=1S/C18H22N4O/c1-14-10-11-17(20-19-14)22-12-6-7-15(13-22)18(23)21(2)16-8-4-3-5-9-16/h3-5,8-11,15H,6-7,12-13H2,1-2H3. The van der Waals surface area contributed by atoms with Crippen molar-refractivity contribution in [2.45, 2.75) is 19.8 Å². The molecule has 5 nitrogen and oxygen atoms in total. The molecule has 1 amide bonds. The van der Waals surface area contributed by atoms with Crippen molar-refractivity contribution < 1.29 is 4.79 Å². The molecule has 0 spiro atoms. The van der Waals surface area contributed by atoms with Gasteiger partial charge in [0.05, 0.1) is 11.6 Å². The Morgan fingerprint density at radius 1 is 1.17 bits per heavy atom. The summed E-state index contributed by atoms with van der Waals surface area (Å²) in [6.07, 6.45) is 1.92. The Kier molecular flexibility index (Phi) is 4.55. The van der Waals surface area contributed by atoms with Crippen molar-refractivity contribution in [3.05, 3.63) is 48.2 Å². The third-order valence-electron chi connectivity index (χ3n) is 4.35. The van der Waals surface area contributed by atoms with Crippen LogP contribution in [-0.4, -0.2) is 36.2 Å². The molecule has 0 saturated carbocycles. The van der Waals surface area contributed by atoms with Crippen LogP contribution in [0.4, 0.5) is 11.5 Å². The predicted octanol–water partition coefficient (Wildman–Crippen LogP) is 2.66. The fraction of sp³-hybridized carbons (Fsp3) is 0.389. The number of hydrogen-bond acceptors (Lipinski definition) is 4. The molecule has 120 valence electrons. The molecule has 0 aliphatic carbocycles. The molecule has 5 heteroatoms. The highest BCUT2D eigenvalue weighted by Crippen LogP contribution is 2.24. The molecule has 0 N–H and O–H groups in total. The zero-order valence-electron chi connectivity index (χ0n) is 13.6. The highest BCUT2D eigenvalue weighted by atomic mass is 16.2. The lowest BCUT2D eigenvalue weighted by Gasteiger charge is -2.34. The molecule has 1 fully saturated rings. The van der Waals surface area contributed by atoms with Crippen molar-refractivity contribution in [1.29, 1.82) is 0 Å². The van der Waals surface area contributed by atoms with Crippen molar-refractivity contribution in [1.82, 2.24) is 10.2 Å². The van der Waals surface area contributed by atoms with Crippen molar-refractivity contribution in [2.24, 2.45) is 5.92 Å². The summed E-state index contributed by atoms with van der Waals surface area (Å²) < 4.78 is 0. The van der Waals surface area contributed by atoms with E-state index in [2.05, 4.69) is 15.1 Å². The van der Waals surface area contributed by atoms with Crippen LogP contribution in [0.25, 0.3) is 0 Å². The van der Waals surface area contributed by atoms with E-state index >= 15 is 0 Å². The lowest BCUT2D eigenvalue weighted by molar-refractivity contribution is -0.122. The van der Waals surface area contributed by atoms with Gasteiger partial charge in [0.25, 0.3) is 0 Å². The van der Waals surface area contributed by atoms with E-state index in [4.69, 9.17) is 0 Å². The highest BCUT2D eigenvalue weighted by molar-refractivity contribution is 5.94. The smallest absolute Gasteiger partial charge is 0.231 e. The number of para-hydroxylation sites is 1. The molecule has 1 aromatic carbocycles. The van der Waals surface area contributed by atoms with Crippen LogP contribution in [0.5, 0.6) is 0 Å². The van der Waals surface area contributed by atoms with E-state index in [9.17, 15) is 4.79 Å². The van der Waals surface area contributed by atoms with Gasteiger partial charge in [-0.3, -0.25) is 4.79 Å². The Morgan fingerprint density at radius 2 is 1.96 bits per heavy atom. The molecule has 2 heterocycles. The summed E-state index contributed by atoms with van der Waals surface area (Å²) >= 11 is 0. The summed E-state index contributed by atoms with van der Waals surface area (Å²) in [5.41, 5.74) is 1.84. The normalized spacial score (nSPS) is 17.8. The van der Waals surface area contributed by atoms with Gasteiger partial charge < -0.3 is 9.80 Å². The first-order chi connectivity index (χ1) is 11.1. The number of amides is 1. The molecule has 0 bridgehead atoms. The number of anilines is 2. The fourth-order valence-electron chi connectivity index (χ4n) is 3.00. The first-order valence-electron chi connectivity index (χ1n) is 8.03. The average molecular weight is 310 g/mol. The summed E-state index contributed by atoms with van der Waals surface area (Å²) in [6, 6.07) is 13.7. The second-order valence-corrected chi connectivity index (χ2v) is 6.05. The Balaban J connectivity index is 1.70. The van der Waals surface area contributed by atoms with E-state index in [0.717, 1.165) is 36.6 Å². The van der Waals surface area contributed by atoms with Gasteiger partial charge in [0.15, 0.2) is 5.82 Å². The molecular formula is C18H22N4O. The van der Waals surface area contributed by atoms with Gasteiger partial charge in [-0.05, 0) is 44.0 Å². The van der Waals surface area contributed by atoms with Gasteiger partial charge in [0, 0.05) is 25.8 Å². The fourth-order valence-corrected chi connectivity index (χ4v) is 3.00. The van der Waals surface area contributed by atoms with Crippen molar-refractivity contribution >= 4 is 17.4 Å². The Morgan fingerprint density at radius 3 is 2.65 bits per heavy atom. The van der Waals surface area contributed by atoms with Gasteiger partial charge in [-0.25, -0.2) is 0 Å². The summed E-state index contributed by atoms with van der Waals surface area (Å²) in [7, 11) is 1.85. The number of piperidine rings is 1. The number of hydrogen-bond donors (Lipinski definition) is 0. The van der Waals surface area contributed by atoms with Crippen LogP contribution in [0.15, 0.2) is 42.5 Å². The molecular weight excluding hydrogens is 288 g/mol. The summed E-state index contributed by atoms with van der Waals surface area (Å²) in [5.74, 6) is 1.02. The van der Waals surface area contributed by atoms with Gasteiger partial charge in [-0.1, -0.05) is 18.2 Å². The van der Waals surface area contributed by atoms with Gasteiger partial charge in [-0.15, -0.1) is 5.10 Å². The maximum absolute atomic E-state index is 12.8. The number of carbonyl (C=O) groups excluding carboxylic acids is 1. The van der Waals surface area contributed by atoms with Gasteiger partial charge in [0.1, 0.15) is 0 Å². The molecule has 1 unspecified atom stereocenters. The Bertz CT molecular complexity index is 656. The predicted molar refractivity (Wildman–Crippen MR) is 91.6 cm³/mol. The minimum atomic E-state index is -0.00272. The minimum Gasteiger partial charge on any atom is -0.354 e. The van der Waals surface area contributed by atoms with E-state index in [0.29, 0.717) is 6.54 Å². The number of aromatic nitrogens is 2. The number of nitrogens with zero attached hydrogens (tertiary/aromatic N) is 4. The van der Waals surface area contributed by atoms with Crippen LogP contribution in [0.2, 0.25) is 0 Å². The second-order valence-electron chi connectivity index (χ2n) is 6.05. The van der Waals surface area contributed by atoms with Crippen LogP contribution in [0.1, 0.15) is 18.5 Å². The van der Waals surface area contributed by atoms with Gasteiger partial charge >= 0.3 is 0 Å². The molecule has 2 aromatic rings. The molecule has 1 aliphatic heterocycles. The SMILES string of the molecule is Cc1ccc(N2CCCC(C(=O)N(C)c3ccccc3)C2)nn1. The van der Waals surface area contributed by atoms with E-state index < -0.39 is 0 Å². The lowest BCUT2D eigenvalue weighted by Crippen LogP contribution is -2.44. The molecule has 1 aliphatic rings. The molecule has 1 saturated heterocycles. The van der Waals surface area contributed by atoms with Crippen LogP contribution < -0.4 is 9.80 Å². The minimum absolute atomic E-state index is 0.00272. The maximum Gasteiger partial charge on any atom is 0.231 e. The van der Waals surface area contributed by atoms with Crippen molar-refractivity contribution in [3.63, 3.8) is 0 Å². The zero-order valence-corrected chi connectivity index (χ0v) is 13.6. The van der Waals surface area contributed by atoms with Crippen LogP contribution >= 0.6 is 0 Å². The molecule has 3 rings (SSSR count). The molecule has 1 aromatic heterocycles. The molecule has 23 heavy (non-hydrogen) atoms. The zero-order chi connectivity index (χ0) is 16.2. The summed E-state index contributed by atoms with van der Waals surface area (Å²) in [6.45, 7) is 3.55. The average Bonchev–Trinajstić information content (AvgIpc) is 2.62. The van der Waals surface area contributed by atoms with Gasteiger partial charge in [-0.2, -0.15) is 5.10 Å². The first-order valence-corrected chi connectivity index (χ1v) is 8.03. The lowest BCUT2D eigenvalue weighted by atomic mass is 9.96. The third kappa shape index (κ3) is 3.50. The van der Waals surface area contributed by atoms with Crippen molar-refractivity contribution in [2.75, 3.05) is 29.9 Å². The Hall–Kier alpha value is -2.43. The maximum atomic E-state index is 12.8. The second kappa shape index (κ2) is 6.77. The highest BCUT2D eigenvalue weighted by Gasteiger charge is 2.29. The Labute approximate surface area is 136 Å². The van der Waals surface area contributed by atoms with Crippen molar-refractivity contribution in [3.8, 4) is 0 Å². The topological polar surface area (TPSA) is 49.3 Å². The summed E-state index contributed by atoms with van der Waals surface area (Å²) in [5, 5.41) is 8.37. The molecule has 0 radical (unpaired) electrons. The van der Waals surface area contributed by atoms with Crippen LogP contribution in [0, 0.1) is 12.8 Å². The largest absolute Gasteiger partial charge is 0.354 e. The van der Waals surface area contributed by atoms with E-state index in [1.807, 2.05) is 56.4 Å². The monoisotopic (exact) mass is 310 g/mol. The molecule has 1 atom stereocenters. The van der Waals surface area contributed by atoms with E-state index in [1.54, 1.807) is 4.90 Å². The number of rotatable bonds is 3. The van der Waals surface area contributed by atoms with Gasteiger partial charge in [0.2, 0.25) is 5.91 Å². The third-order valence-corrected chi connectivity index (χ3v) is 4.35. The van der Waals surface area contributed by atoms with Crippen LogP contribution in [0.3, 0.4) is 0 Å². The number of aryl methyl sites for hydroxylation is 1. The quantitative estimate of drug-likeness (QED) is 0.874. The first kappa shape index (κ1) is 15.5.